The normalized spacial score (nSPS) is 11.0. The zero-order valence-corrected chi connectivity index (χ0v) is 15.2. The summed E-state index contributed by atoms with van der Waals surface area (Å²) < 4.78 is 5.70. The first-order valence-electron chi connectivity index (χ1n) is 8.60. The molecule has 2 N–H and O–H groups in total. The Labute approximate surface area is 149 Å². The van der Waals surface area contributed by atoms with Gasteiger partial charge in [-0.05, 0) is 41.7 Å². The number of amides is 2. The molecule has 0 aliphatic carbocycles. The van der Waals surface area contributed by atoms with E-state index in [-0.39, 0.29) is 11.4 Å². The highest BCUT2D eigenvalue weighted by atomic mass is 16.5. The minimum Gasteiger partial charge on any atom is -0.494 e. The number of ether oxygens (including phenoxy) is 1. The van der Waals surface area contributed by atoms with Crippen LogP contribution in [0.2, 0.25) is 0 Å². The molecule has 1 heterocycles. The van der Waals surface area contributed by atoms with Crippen molar-refractivity contribution in [2.24, 2.45) is 0 Å². The fourth-order valence-electron chi connectivity index (χ4n) is 2.25. The molecule has 0 radical (unpaired) electrons. The molecular formula is C20H27N3O2. The number of carbonyl (C=O) groups is 1. The maximum atomic E-state index is 11.7. The molecular weight excluding hydrogens is 314 g/mol. The molecule has 0 bridgehead atoms. The minimum absolute atomic E-state index is 0.144. The summed E-state index contributed by atoms with van der Waals surface area (Å²) in [5.41, 5.74) is 2.26. The quantitative estimate of drug-likeness (QED) is 0.756. The van der Waals surface area contributed by atoms with E-state index in [1.165, 1.54) is 5.56 Å². The van der Waals surface area contributed by atoms with E-state index in [9.17, 15) is 4.79 Å². The van der Waals surface area contributed by atoms with Crippen molar-refractivity contribution in [3.05, 3.63) is 59.9 Å². The Morgan fingerprint density at radius 2 is 1.84 bits per heavy atom. The number of rotatable bonds is 7. The molecule has 0 saturated carbocycles. The van der Waals surface area contributed by atoms with E-state index in [2.05, 4.69) is 48.5 Å². The van der Waals surface area contributed by atoms with Crippen LogP contribution in [0.3, 0.4) is 0 Å². The number of hydrogen-bond donors (Lipinski definition) is 2. The molecule has 134 valence electrons. The van der Waals surface area contributed by atoms with Gasteiger partial charge < -0.3 is 15.4 Å². The van der Waals surface area contributed by atoms with Crippen molar-refractivity contribution in [1.82, 2.24) is 15.6 Å². The van der Waals surface area contributed by atoms with Gasteiger partial charge in [0, 0.05) is 12.7 Å². The molecule has 0 saturated heterocycles. The predicted octanol–water partition coefficient (Wildman–Crippen LogP) is 3.65. The van der Waals surface area contributed by atoms with Crippen LogP contribution in [0, 0.1) is 0 Å². The molecule has 2 amide bonds. The van der Waals surface area contributed by atoms with E-state index < -0.39 is 0 Å². The number of nitrogens with one attached hydrogen (secondary N) is 2. The number of benzene rings is 1. The van der Waals surface area contributed by atoms with Gasteiger partial charge >= 0.3 is 6.03 Å². The van der Waals surface area contributed by atoms with Gasteiger partial charge in [0.15, 0.2) is 0 Å². The molecule has 2 aromatic rings. The van der Waals surface area contributed by atoms with Crippen LogP contribution in [-0.4, -0.2) is 24.2 Å². The monoisotopic (exact) mass is 341 g/mol. The molecule has 2 rings (SSSR count). The number of aromatic nitrogens is 1. The lowest BCUT2D eigenvalue weighted by Crippen LogP contribution is -2.36. The molecule has 1 aromatic heterocycles. The molecule has 1 aromatic carbocycles. The summed E-state index contributed by atoms with van der Waals surface area (Å²) >= 11 is 0. The summed E-state index contributed by atoms with van der Waals surface area (Å²) in [4.78, 5) is 15.8. The number of pyridine rings is 1. The lowest BCUT2D eigenvalue weighted by molar-refractivity contribution is 0.238. The van der Waals surface area contributed by atoms with Gasteiger partial charge in [-0.1, -0.05) is 39.0 Å². The second-order valence-electron chi connectivity index (χ2n) is 6.91. The van der Waals surface area contributed by atoms with E-state index in [0.717, 1.165) is 17.9 Å². The zero-order valence-electron chi connectivity index (χ0n) is 15.2. The SMILES string of the molecule is CC(C)(C)c1ccc(OCCCNC(=O)NCc2ccccn2)cc1. The van der Waals surface area contributed by atoms with Gasteiger partial charge in [0.2, 0.25) is 0 Å². The van der Waals surface area contributed by atoms with Crippen LogP contribution in [0.5, 0.6) is 5.75 Å². The average Bonchev–Trinajstić information content (AvgIpc) is 2.60. The molecule has 25 heavy (non-hydrogen) atoms. The van der Waals surface area contributed by atoms with Crippen LogP contribution in [-0.2, 0) is 12.0 Å². The van der Waals surface area contributed by atoms with Crippen molar-refractivity contribution in [1.29, 1.82) is 0 Å². The maximum Gasteiger partial charge on any atom is 0.315 e. The fraction of sp³-hybridized carbons (Fsp3) is 0.400. The molecule has 0 aliphatic rings. The first-order chi connectivity index (χ1) is 11.9. The molecule has 0 fully saturated rings. The minimum atomic E-state index is -0.194. The van der Waals surface area contributed by atoms with Crippen molar-refractivity contribution < 1.29 is 9.53 Å². The Morgan fingerprint density at radius 1 is 1.08 bits per heavy atom. The van der Waals surface area contributed by atoms with Gasteiger partial charge in [-0.15, -0.1) is 0 Å². The van der Waals surface area contributed by atoms with Crippen LogP contribution < -0.4 is 15.4 Å². The van der Waals surface area contributed by atoms with E-state index in [0.29, 0.717) is 19.7 Å². The van der Waals surface area contributed by atoms with Crippen LogP contribution in [0.25, 0.3) is 0 Å². The van der Waals surface area contributed by atoms with Crippen molar-refractivity contribution in [2.45, 2.75) is 39.2 Å². The number of urea groups is 1. The summed E-state index contributed by atoms with van der Waals surface area (Å²) in [6.07, 6.45) is 2.46. The lowest BCUT2D eigenvalue weighted by Gasteiger charge is -2.19. The van der Waals surface area contributed by atoms with Crippen LogP contribution in [0.15, 0.2) is 48.7 Å². The molecule has 0 unspecified atom stereocenters. The van der Waals surface area contributed by atoms with Crippen molar-refractivity contribution >= 4 is 6.03 Å². The van der Waals surface area contributed by atoms with Crippen molar-refractivity contribution in [3.63, 3.8) is 0 Å². The highest BCUT2D eigenvalue weighted by Crippen LogP contribution is 2.24. The summed E-state index contributed by atoms with van der Waals surface area (Å²) in [5.74, 6) is 0.854. The standard InChI is InChI=1S/C20H27N3O2/c1-20(2,3)16-8-10-18(11-9-16)25-14-6-13-22-19(24)23-15-17-7-4-5-12-21-17/h4-5,7-12H,6,13-15H2,1-3H3,(H2,22,23,24). The van der Waals surface area contributed by atoms with Gasteiger partial charge in [-0.2, -0.15) is 0 Å². The van der Waals surface area contributed by atoms with E-state index in [1.54, 1.807) is 6.20 Å². The van der Waals surface area contributed by atoms with Gasteiger partial charge in [0.05, 0.1) is 18.8 Å². The van der Waals surface area contributed by atoms with Crippen molar-refractivity contribution in [3.8, 4) is 5.75 Å². The van der Waals surface area contributed by atoms with Gasteiger partial charge in [-0.3, -0.25) is 4.98 Å². The summed E-state index contributed by atoms with van der Waals surface area (Å²) in [6.45, 7) is 8.11. The molecule has 5 heteroatoms. The van der Waals surface area contributed by atoms with Crippen molar-refractivity contribution in [2.75, 3.05) is 13.2 Å². The third-order valence-corrected chi connectivity index (χ3v) is 3.75. The van der Waals surface area contributed by atoms with Crippen LogP contribution >= 0.6 is 0 Å². The fourth-order valence-corrected chi connectivity index (χ4v) is 2.25. The van der Waals surface area contributed by atoms with Crippen LogP contribution in [0.1, 0.15) is 38.4 Å². The lowest BCUT2D eigenvalue weighted by atomic mass is 9.87. The maximum absolute atomic E-state index is 11.7. The van der Waals surface area contributed by atoms with Gasteiger partial charge in [0.1, 0.15) is 5.75 Å². The number of hydrogen-bond acceptors (Lipinski definition) is 3. The Morgan fingerprint density at radius 3 is 2.48 bits per heavy atom. The largest absolute Gasteiger partial charge is 0.494 e. The molecule has 0 spiro atoms. The average molecular weight is 341 g/mol. The summed E-state index contributed by atoms with van der Waals surface area (Å²) in [5, 5.41) is 5.58. The molecule has 0 aliphatic heterocycles. The highest BCUT2D eigenvalue weighted by molar-refractivity contribution is 5.73. The third-order valence-electron chi connectivity index (χ3n) is 3.75. The molecule has 0 atom stereocenters. The Bertz CT molecular complexity index is 649. The first-order valence-corrected chi connectivity index (χ1v) is 8.60. The van der Waals surface area contributed by atoms with E-state index >= 15 is 0 Å². The zero-order chi connectivity index (χ0) is 18.1. The summed E-state index contributed by atoms with van der Waals surface area (Å²) in [6, 6.07) is 13.6. The topological polar surface area (TPSA) is 63.2 Å². The van der Waals surface area contributed by atoms with Gasteiger partial charge in [-0.25, -0.2) is 4.79 Å². The smallest absolute Gasteiger partial charge is 0.315 e. The Hall–Kier alpha value is -2.56. The Balaban J connectivity index is 1.59. The first kappa shape index (κ1) is 18.8. The summed E-state index contributed by atoms with van der Waals surface area (Å²) in [7, 11) is 0. The number of carbonyl (C=O) groups excluding carboxylic acids is 1. The van der Waals surface area contributed by atoms with E-state index in [4.69, 9.17) is 4.74 Å². The van der Waals surface area contributed by atoms with Gasteiger partial charge in [0.25, 0.3) is 0 Å². The van der Waals surface area contributed by atoms with Crippen LogP contribution in [0.4, 0.5) is 4.79 Å². The Kier molecular flexibility index (Phi) is 6.81. The second-order valence-corrected chi connectivity index (χ2v) is 6.91. The predicted molar refractivity (Wildman–Crippen MR) is 99.7 cm³/mol. The molecule has 5 nitrogen and oxygen atoms in total. The van der Waals surface area contributed by atoms with E-state index in [1.807, 2.05) is 30.3 Å². The third kappa shape index (κ3) is 6.83. The highest BCUT2D eigenvalue weighted by Gasteiger charge is 2.12. The second kappa shape index (κ2) is 9.06. The number of nitrogens with zero attached hydrogens (tertiary/aromatic N) is 1.